The fourth-order valence-corrected chi connectivity index (χ4v) is 2.75. The van der Waals surface area contributed by atoms with Gasteiger partial charge < -0.3 is 10.3 Å². The first-order valence-corrected chi connectivity index (χ1v) is 7.77. The lowest BCUT2D eigenvalue weighted by atomic mass is 10.4. The zero-order valence-corrected chi connectivity index (χ0v) is 11.9. The Labute approximate surface area is 117 Å². The van der Waals surface area contributed by atoms with Crippen LogP contribution in [0.4, 0.5) is 5.82 Å². The van der Waals surface area contributed by atoms with E-state index in [4.69, 9.17) is 0 Å². The summed E-state index contributed by atoms with van der Waals surface area (Å²) in [5.41, 5.74) is 0.695. The Morgan fingerprint density at radius 1 is 1.40 bits per heavy atom. The molecule has 108 valence electrons. The Morgan fingerprint density at radius 2 is 2.25 bits per heavy atom. The van der Waals surface area contributed by atoms with Gasteiger partial charge in [-0.1, -0.05) is 6.92 Å². The van der Waals surface area contributed by atoms with Gasteiger partial charge >= 0.3 is 0 Å². The van der Waals surface area contributed by atoms with E-state index in [-0.39, 0.29) is 11.4 Å². The molecule has 0 aliphatic rings. The van der Waals surface area contributed by atoms with Crippen LogP contribution in [-0.2, 0) is 16.6 Å². The van der Waals surface area contributed by atoms with E-state index in [9.17, 15) is 8.42 Å². The Bertz CT molecular complexity index is 640. The smallest absolute Gasteiger partial charge is 0.244 e. The summed E-state index contributed by atoms with van der Waals surface area (Å²) in [7, 11) is -3.62. The van der Waals surface area contributed by atoms with E-state index in [0.29, 0.717) is 18.1 Å². The van der Waals surface area contributed by atoms with Gasteiger partial charge in [0.2, 0.25) is 10.0 Å². The van der Waals surface area contributed by atoms with Gasteiger partial charge in [-0.2, -0.15) is 0 Å². The normalized spacial score (nSPS) is 11.4. The zero-order chi connectivity index (χ0) is 14.4. The first kappa shape index (κ1) is 14.5. The van der Waals surface area contributed by atoms with Gasteiger partial charge in [0, 0.05) is 24.6 Å². The summed E-state index contributed by atoms with van der Waals surface area (Å²) in [6, 6.07) is 3.13. The van der Waals surface area contributed by atoms with E-state index in [2.05, 4.69) is 25.0 Å². The Kier molecular flexibility index (Phi) is 4.70. The second-order valence-corrected chi connectivity index (χ2v) is 5.91. The topological polar surface area (TPSA) is 99.8 Å². The second kappa shape index (κ2) is 6.49. The third-order valence-corrected chi connectivity index (χ3v) is 4.04. The molecular weight excluding hydrogens is 278 g/mol. The minimum absolute atomic E-state index is 0.146. The van der Waals surface area contributed by atoms with Crippen LogP contribution in [0, 0.1) is 0 Å². The number of sulfonamides is 1. The molecule has 2 aromatic rings. The molecule has 8 heteroatoms. The van der Waals surface area contributed by atoms with Gasteiger partial charge in [0.25, 0.3) is 0 Å². The van der Waals surface area contributed by atoms with Crippen LogP contribution in [0.5, 0.6) is 0 Å². The quantitative estimate of drug-likeness (QED) is 0.710. The van der Waals surface area contributed by atoms with Gasteiger partial charge in [-0.3, -0.25) is 0 Å². The molecule has 0 aliphatic heterocycles. The van der Waals surface area contributed by atoms with Gasteiger partial charge in [0.05, 0.1) is 12.9 Å². The van der Waals surface area contributed by atoms with Gasteiger partial charge in [-0.15, -0.1) is 0 Å². The van der Waals surface area contributed by atoms with Crippen molar-refractivity contribution in [2.24, 2.45) is 0 Å². The Morgan fingerprint density at radius 3 is 2.95 bits per heavy atom. The molecular formula is C12H17N5O2S. The number of hydrogen-bond donors (Lipinski definition) is 3. The molecule has 0 spiro atoms. The molecule has 0 bridgehead atoms. The summed E-state index contributed by atoms with van der Waals surface area (Å²) in [6.07, 6.45) is 5.52. The number of pyridine rings is 1. The summed E-state index contributed by atoms with van der Waals surface area (Å²) < 4.78 is 27.1. The third-order valence-electron chi connectivity index (χ3n) is 2.61. The van der Waals surface area contributed by atoms with Gasteiger partial charge in [-0.25, -0.2) is 23.1 Å². The lowest BCUT2D eigenvalue weighted by Gasteiger charge is -2.11. The molecule has 0 radical (unpaired) electrons. The van der Waals surface area contributed by atoms with Gasteiger partial charge in [-0.05, 0) is 18.6 Å². The Hall–Kier alpha value is -1.93. The zero-order valence-electron chi connectivity index (χ0n) is 11.1. The molecule has 0 saturated heterocycles. The van der Waals surface area contributed by atoms with E-state index in [1.54, 1.807) is 18.5 Å². The average molecular weight is 295 g/mol. The van der Waals surface area contributed by atoms with Gasteiger partial charge in [0.1, 0.15) is 10.7 Å². The number of hydrogen-bond acceptors (Lipinski definition) is 5. The molecule has 2 rings (SSSR count). The van der Waals surface area contributed by atoms with Crippen LogP contribution in [0.1, 0.15) is 19.0 Å². The number of nitrogens with zero attached hydrogens (tertiary/aromatic N) is 2. The van der Waals surface area contributed by atoms with Crippen molar-refractivity contribution in [1.29, 1.82) is 0 Å². The van der Waals surface area contributed by atoms with E-state index in [1.807, 2.05) is 6.92 Å². The average Bonchev–Trinajstić information content (AvgIpc) is 2.97. The van der Waals surface area contributed by atoms with Crippen LogP contribution >= 0.6 is 0 Å². The molecule has 0 aromatic carbocycles. The molecule has 3 N–H and O–H groups in total. The lowest BCUT2D eigenvalue weighted by molar-refractivity contribution is 0.580. The fourth-order valence-electron chi connectivity index (χ4n) is 1.62. The monoisotopic (exact) mass is 295 g/mol. The van der Waals surface area contributed by atoms with Crippen molar-refractivity contribution in [3.05, 3.63) is 36.5 Å². The van der Waals surface area contributed by atoms with E-state index >= 15 is 0 Å². The highest BCUT2D eigenvalue weighted by atomic mass is 32.2. The first-order valence-electron chi connectivity index (χ1n) is 6.29. The number of H-pyrrole nitrogens is 1. The minimum atomic E-state index is -3.62. The minimum Gasteiger partial charge on any atom is -0.369 e. The largest absolute Gasteiger partial charge is 0.369 e. The highest BCUT2D eigenvalue weighted by Gasteiger charge is 2.18. The summed E-state index contributed by atoms with van der Waals surface area (Å²) in [4.78, 5) is 10.9. The van der Waals surface area contributed by atoms with Crippen molar-refractivity contribution < 1.29 is 8.42 Å². The highest BCUT2D eigenvalue weighted by molar-refractivity contribution is 7.89. The molecule has 2 heterocycles. The molecule has 0 atom stereocenters. The molecule has 0 saturated carbocycles. The number of nitrogens with one attached hydrogen (secondary N) is 3. The van der Waals surface area contributed by atoms with Crippen molar-refractivity contribution in [1.82, 2.24) is 19.7 Å². The first-order chi connectivity index (χ1) is 9.63. The summed E-state index contributed by atoms with van der Waals surface area (Å²) >= 11 is 0. The number of rotatable bonds is 7. The van der Waals surface area contributed by atoms with Crippen molar-refractivity contribution in [2.75, 3.05) is 11.9 Å². The maximum Gasteiger partial charge on any atom is 0.244 e. The molecule has 0 aliphatic carbocycles. The van der Waals surface area contributed by atoms with Crippen LogP contribution in [0.2, 0.25) is 0 Å². The van der Waals surface area contributed by atoms with Gasteiger partial charge in [0.15, 0.2) is 0 Å². The molecule has 2 aromatic heterocycles. The van der Waals surface area contributed by atoms with Crippen LogP contribution in [-0.4, -0.2) is 29.9 Å². The molecule has 7 nitrogen and oxygen atoms in total. The number of anilines is 1. The maximum absolute atomic E-state index is 12.3. The van der Waals surface area contributed by atoms with Crippen molar-refractivity contribution in [3.63, 3.8) is 0 Å². The van der Waals surface area contributed by atoms with E-state index in [0.717, 1.165) is 6.42 Å². The summed E-state index contributed by atoms with van der Waals surface area (Å²) in [5.74, 6) is 0.367. The van der Waals surface area contributed by atoms with Crippen molar-refractivity contribution in [2.45, 2.75) is 24.8 Å². The van der Waals surface area contributed by atoms with E-state index < -0.39 is 10.0 Å². The van der Waals surface area contributed by atoms with Crippen molar-refractivity contribution in [3.8, 4) is 0 Å². The third kappa shape index (κ3) is 3.55. The van der Waals surface area contributed by atoms with Crippen LogP contribution in [0.25, 0.3) is 0 Å². The van der Waals surface area contributed by atoms with Crippen molar-refractivity contribution >= 4 is 15.8 Å². The predicted octanol–water partition coefficient (Wildman–Crippen LogP) is 1.11. The van der Waals surface area contributed by atoms with Crippen LogP contribution < -0.4 is 10.0 Å². The van der Waals surface area contributed by atoms with Crippen LogP contribution in [0.3, 0.4) is 0 Å². The maximum atomic E-state index is 12.3. The summed E-state index contributed by atoms with van der Waals surface area (Å²) in [6.45, 7) is 2.82. The number of aromatic nitrogens is 3. The molecule has 20 heavy (non-hydrogen) atoms. The molecule has 0 fully saturated rings. The standard InChI is InChI=1S/C12H17N5O2S/c1-2-5-14-12-11(4-3-6-15-12)20(18,19)17-8-10-7-13-9-16-10/h3-4,6-7,9,17H,2,5,8H2,1H3,(H,13,16)(H,14,15). The van der Waals surface area contributed by atoms with Crippen LogP contribution in [0.15, 0.2) is 35.7 Å². The predicted molar refractivity (Wildman–Crippen MR) is 75.6 cm³/mol. The SMILES string of the molecule is CCCNc1ncccc1S(=O)(=O)NCc1cnc[nH]1. The van der Waals surface area contributed by atoms with E-state index in [1.165, 1.54) is 12.4 Å². The number of imidazole rings is 1. The molecule has 0 amide bonds. The Balaban J connectivity index is 2.16. The number of aromatic amines is 1. The second-order valence-electron chi connectivity index (χ2n) is 4.18. The summed E-state index contributed by atoms with van der Waals surface area (Å²) in [5, 5.41) is 3.01. The fraction of sp³-hybridized carbons (Fsp3) is 0.333. The lowest BCUT2D eigenvalue weighted by Crippen LogP contribution is -2.24. The highest BCUT2D eigenvalue weighted by Crippen LogP contribution is 2.17. The molecule has 0 unspecified atom stereocenters.